The molecule has 11 heavy (non-hydrogen) atoms. The summed E-state index contributed by atoms with van der Waals surface area (Å²) >= 11 is 0. The molecule has 0 aromatic heterocycles. The largest absolute Gasteiger partial charge is 0.340 e. The van der Waals surface area contributed by atoms with Crippen molar-refractivity contribution in [2.75, 3.05) is 0 Å². The van der Waals surface area contributed by atoms with E-state index in [0.717, 1.165) is 6.29 Å². The van der Waals surface area contributed by atoms with E-state index in [1.807, 2.05) is 0 Å². The number of carbonyl (C=O) groups is 2. The minimum absolute atomic E-state index is 0.234. The molecule has 3 N–H and O–H groups in total. The minimum Gasteiger partial charge on any atom is -0.298 e. The number of quaternary nitrogens is 1. The Balaban J connectivity index is 3.00. The normalized spacial score (nSPS) is 9.18. The van der Waals surface area contributed by atoms with Gasteiger partial charge in [0.15, 0.2) is 0 Å². The molecule has 0 bridgehead atoms. The topological polar surface area (TPSA) is 61.8 Å². The van der Waals surface area contributed by atoms with Crippen molar-refractivity contribution in [3.63, 3.8) is 0 Å². The summed E-state index contributed by atoms with van der Waals surface area (Å²) in [6.07, 6.45) is 0.733. The fourth-order valence-electron chi connectivity index (χ4n) is 0.748. The molecule has 56 valence electrons. The lowest BCUT2D eigenvalue weighted by Gasteiger charge is -1.90. The average Bonchev–Trinajstić information content (AvgIpc) is 2.05. The molecule has 0 heterocycles. The summed E-state index contributed by atoms with van der Waals surface area (Å²) in [5.41, 5.74) is 4.33. The Hall–Kier alpha value is -1.48. The number of amides is 1. The molecule has 0 saturated heterocycles. The second kappa shape index (κ2) is 3.07. The van der Waals surface area contributed by atoms with Crippen LogP contribution >= 0.6 is 0 Å². The zero-order chi connectivity index (χ0) is 8.27. The Morgan fingerprint density at radius 1 is 1.27 bits per heavy atom. The number of benzene rings is 1. The smallest absolute Gasteiger partial charge is 0.298 e. The van der Waals surface area contributed by atoms with Gasteiger partial charge in [0, 0.05) is 5.56 Å². The van der Waals surface area contributed by atoms with Crippen LogP contribution in [0.25, 0.3) is 0 Å². The molecule has 0 fully saturated rings. The van der Waals surface area contributed by atoms with E-state index in [0.29, 0.717) is 11.1 Å². The van der Waals surface area contributed by atoms with Gasteiger partial charge in [0.2, 0.25) is 0 Å². The lowest BCUT2D eigenvalue weighted by atomic mass is 10.1. The van der Waals surface area contributed by atoms with Crippen molar-refractivity contribution in [2.24, 2.45) is 0 Å². The standard InChI is InChI=1S/C8H7NO2/c9-8(11)7-3-1-6(5-10)2-4-7/h1-5H,(H2,9,11)/p+1. The Morgan fingerprint density at radius 2 is 1.82 bits per heavy atom. The summed E-state index contributed by atoms with van der Waals surface area (Å²) in [4.78, 5) is 20.8. The third-order valence-electron chi connectivity index (χ3n) is 1.37. The van der Waals surface area contributed by atoms with Crippen LogP contribution in [0.2, 0.25) is 0 Å². The van der Waals surface area contributed by atoms with Gasteiger partial charge < -0.3 is 0 Å². The molecule has 1 amide bonds. The molecule has 1 aromatic rings. The maximum atomic E-state index is 10.6. The van der Waals surface area contributed by atoms with Gasteiger partial charge in [0.25, 0.3) is 0 Å². The van der Waals surface area contributed by atoms with Gasteiger partial charge in [0.1, 0.15) is 6.29 Å². The number of carbonyl (C=O) groups excluding carboxylic acids is 2. The van der Waals surface area contributed by atoms with Crippen molar-refractivity contribution >= 4 is 12.2 Å². The van der Waals surface area contributed by atoms with E-state index in [-0.39, 0.29) is 5.91 Å². The molecular weight excluding hydrogens is 142 g/mol. The Labute approximate surface area is 63.8 Å². The molecule has 1 aromatic carbocycles. The Bertz CT molecular complexity index is 277. The van der Waals surface area contributed by atoms with Crippen molar-refractivity contribution in [2.45, 2.75) is 0 Å². The first kappa shape index (κ1) is 7.63. The van der Waals surface area contributed by atoms with Crippen LogP contribution in [0, 0.1) is 0 Å². The van der Waals surface area contributed by atoms with Crippen LogP contribution in [0.5, 0.6) is 0 Å². The Morgan fingerprint density at radius 3 is 2.18 bits per heavy atom. The molecule has 1 rings (SSSR count). The van der Waals surface area contributed by atoms with Crippen LogP contribution in [0.4, 0.5) is 0 Å². The van der Waals surface area contributed by atoms with Crippen LogP contribution in [0.15, 0.2) is 24.3 Å². The summed E-state index contributed by atoms with van der Waals surface area (Å²) < 4.78 is 0. The second-order valence-electron chi connectivity index (χ2n) is 2.16. The highest BCUT2D eigenvalue weighted by Crippen LogP contribution is 1.99. The van der Waals surface area contributed by atoms with E-state index in [2.05, 4.69) is 5.73 Å². The van der Waals surface area contributed by atoms with E-state index >= 15 is 0 Å². The van der Waals surface area contributed by atoms with Gasteiger partial charge in [-0.1, -0.05) is 12.1 Å². The van der Waals surface area contributed by atoms with Crippen LogP contribution in [0.3, 0.4) is 0 Å². The fourth-order valence-corrected chi connectivity index (χ4v) is 0.748. The summed E-state index contributed by atoms with van der Waals surface area (Å²) in [5.74, 6) is -0.234. The van der Waals surface area contributed by atoms with Gasteiger partial charge in [-0.05, 0) is 12.1 Å². The highest BCUT2D eigenvalue weighted by atomic mass is 16.1. The van der Waals surface area contributed by atoms with Crippen LogP contribution in [-0.2, 0) is 0 Å². The summed E-state index contributed by atoms with van der Waals surface area (Å²) in [7, 11) is 0. The average molecular weight is 150 g/mol. The second-order valence-corrected chi connectivity index (χ2v) is 2.16. The first-order valence-electron chi connectivity index (χ1n) is 3.15. The third-order valence-corrected chi connectivity index (χ3v) is 1.37. The predicted octanol–water partition coefficient (Wildman–Crippen LogP) is -0.119. The lowest BCUT2D eigenvalue weighted by molar-refractivity contribution is -0.255. The zero-order valence-corrected chi connectivity index (χ0v) is 5.91. The quantitative estimate of drug-likeness (QED) is 0.597. The van der Waals surface area contributed by atoms with Gasteiger partial charge in [-0.15, -0.1) is 0 Å². The molecule has 0 spiro atoms. The van der Waals surface area contributed by atoms with Gasteiger partial charge in [0.05, 0.1) is 5.56 Å². The molecule has 0 aliphatic carbocycles. The fraction of sp³-hybridized carbons (Fsp3) is 0. The highest BCUT2D eigenvalue weighted by molar-refractivity contribution is 5.87. The van der Waals surface area contributed by atoms with E-state index in [1.54, 1.807) is 24.3 Å². The Kier molecular flexibility index (Phi) is 2.13. The van der Waals surface area contributed by atoms with Gasteiger partial charge in [-0.25, -0.2) is 4.79 Å². The molecule has 0 radical (unpaired) electrons. The summed E-state index contributed by atoms with van der Waals surface area (Å²) in [6.45, 7) is 0. The van der Waals surface area contributed by atoms with E-state index < -0.39 is 0 Å². The summed E-state index contributed by atoms with van der Waals surface area (Å²) in [6, 6.07) is 6.34. The molecule has 0 unspecified atom stereocenters. The van der Waals surface area contributed by atoms with Gasteiger partial charge >= 0.3 is 5.91 Å². The molecule has 0 aliphatic heterocycles. The maximum Gasteiger partial charge on any atom is 0.340 e. The summed E-state index contributed by atoms with van der Waals surface area (Å²) in [5, 5.41) is 0. The molecular formula is C8H8NO2+. The number of hydrogen-bond donors (Lipinski definition) is 1. The number of aldehydes is 1. The first-order valence-corrected chi connectivity index (χ1v) is 3.15. The van der Waals surface area contributed by atoms with Crippen LogP contribution in [-0.4, -0.2) is 12.2 Å². The van der Waals surface area contributed by atoms with Crippen molar-refractivity contribution in [3.05, 3.63) is 35.4 Å². The van der Waals surface area contributed by atoms with E-state index in [1.165, 1.54) is 0 Å². The van der Waals surface area contributed by atoms with Crippen molar-refractivity contribution < 1.29 is 15.3 Å². The van der Waals surface area contributed by atoms with Gasteiger partial charge in [-0.2, -0.15) is 0 Å². The third kappa shape index (κ3) is 1.72. The lowest BCUT2D eigenvalue weighted by Crippen LogP contribution is -2.56. The molecule has 3 nitrogen and oxygen atoms in total. The zero-order valence-electron chi connectivity index (χ0n) is 5.91. The highest BCUT2D eigenvalue weighted by Gasteiger charge is 2.01. The van der Waals surface area contributed by atoms with Crippen molar-refractivity contribution in [1.82, 2.24) is 0 Å². The molecule has 3 heteroatoms. The van der Waals surface area contributed by atoms with Crippen LogP contribution < -0.4 is 5.73 Å². The molecule has 0 atom stereocenters. The van der Waals surface area contributed by atoms with Gasteiger partial charge in [-0.3, -0.25) is 10.5 Å². The molecule has 0 saturated carbocycles. The number of hydrogen-bond acceptors (Lipinski definition) is 2. The maximum absolute atomic E-state index is 10.6. The van der Waals surface area contributed by atoms with Crippen molar-refractivity contribution in [1.29, 1.82) is 0 Å². The predicted molar refractivity (Wildman–Crippen MR) is 39.0 cm³/mol. The van der Waals surface area contributed by atoms with E-state index in [9.17, 15) is 9.59 Å². The SMILES string of the molecule is [NH3+]C(=O)c1ccc(C=O)cc1. The minimum atomic E-state index is -0.234. The monoisotopic (exact) mass is 150 g/mol. The van der Waals surface area contributed by atoms with Crippen LogP contribution in [0.1, 0.15) is 20.7 Å². The van der Waals surface area contributed by atoms with E-state index in [4.69, 9.17) is 0 Å². The van der Waals surface area contributed by atoms with Crippen molar-refractivity contribution in [3.8, 4) is 0 Å². The molecule has 0 aliphatic rings. The first-order chi connectivity index (χ1) is 5.24. The number of rotatable bonds is 2.